The summed E-state index contributed by atoms with van der Waals surface area (Å²) in [5.74, 6) is 4.28. The van der Waals surface area contributed by atoms with Crippen molar-refractivity contribution >= 4 is 5.78 Å². The summed E-state index contributed by atoms with van der Waals surface area (Å²) >= 11 is 0. The number of fused-ring (bicyclic) bond motifs is 1. The number of benzene rings is 1. The van der Waals surface area contributed by atoms with E-state index in [2.05, 4.69) is 17.0 Å². The van der Waals surface area contributed by atoms with Gasteiger partial charge in [-0.2, -0.15) is 0 Å². The summed E-state index contributed by atoms with van der Waals surface area (Å²) in [6.45, 7) is 3.94. The van der Waals surface area contributed by atoms with Crippen LogP contribution in [0.3, 0.4) is 0 Å². The third kappa shape index (κ3) is 5.31. The van der Waals surface area contributed by atoms with Crippen LogP contribution in [0.25, 0.3) is 0 Å². The largest absolute Gasteiger partial charge is 0.454 e. The van der Waals surface area contributed by atoms with Gasteiger partial charge in [-0.1, -0.05) is 44.2 Å². The molecule has 2 heterocycles. The first-order valence-corrected chi connectivity index (χ1v) is 13.9. The summed E-state index contributed by atoms with van der Waals surface area (Å²) in [4.78, 5) is 15.7. The maximum atomic E-state index is 13.1. The van der Waals surface area contributed by atoms with E-state index in [0.717, 1.165) is 49.5 Å². The zero-order valence-corrected chi connectivity index (χ0v) is 21.1. The van der Waals surface area contributed by atoms with Crippen LogP contribution in [-0.2, 0) is 9.53 Å². The lowest BCUT2D eigenvalue weighted by molar-refractivity contribution is -0.146. The lowest BCUT2D eigenvalue weighted by Crippen LogP contribution is -2.43. The van der Waals surface area contributed by atoms with Crippen molar-refractivity contribution in [2.24, 2.45) is 11.8 Å². The van der Waals surface area contributed by atoms with E-state index in [1.54, 1.807) is 7.11 Å². The van der Waals surface area contributed by atoms with Crippen molar-refractivity contribution in [2.75, 3.05) is 33.5 Å². The van der Waals surface area contributed by atoms with E-state index >= 15 is 0 Å². The van der Waals surface area contributed by atoms with E-state index < -0.39 is 5.60 Å². The molecule has 2 aliphatic heterocycles. The minimum atomic E-state index is -0.458. The van der Waals surface area contributed by atoms with Gasteiger partial charge < -0.3 is 19.1 Å². The molecule has 0 radical (unpaired) electrons. The Labute approximate surface area is 205 Å². The van der Waals surface area contributed by atoms with E-state index in [1.807, 2.05) is 6.07 Å². The van der Waals surface area contributed by atoms with Crippen molar-refractivity contribution in [2.45, 2.75) is 95.0 Å². The molecule has 5 nitrogen and oxygen atoms in total. The van der Waals surface area contributed by atoms with Gasteiger partial charge in [0, 0.05) is 19.1 Å². The van der Waals surface area contributed by atoms with Crippen molar-refractivity contribution in [1.29, 1.82) is 0 Å². The number of Topliss-reactive ketones (excluding diaryl/α,β-unsaturated/α-hetero) is 1. The lowest BCUT2D eigenvalue weighted by Gasteiger charge is -2.37. The van der Waals surface area contributed by atoms with Crippen LogP contribution in [0.4, 0.5) is 0 Å². The Morgan fingerprint density at radius 1 is 1.00 bits per heavy atom. The number of rotatable bonds is 8. The predicted octanol–water partition coefficient (Wildman–Crippen LogP) is 6.10. The molecule has 4 aliphatic rings. The molecule has 2 saturated carbocycles. The molecule has 34 heavy (non-hydrogen) atoms. The van der Waals surface area contributed by atoms with Gasteiger partial charge in [0.15, 0.2) is 17.3 Å². The second kappa shape index (κ2) is 11.0. The average Bonchev–Trinajstić information content (AvgIpc) is 3.38. The Balaban J connectivity index is 1.02. The number of likely N-dealkylation sites (tertiary alicyclic amines) is 1. The fourth-order valence-corrected chi connectivity index (χ4v) is 7.00. The van der Waals surface area contributed by atoms with E-state index in [-0.39, 0.29) is 0 Å². The Morgan fingerprint density at radius 3 is 2.47 bits per heavy atom. The normalized spacial score (nSPS) is 27.6. The number of carbonyl (C=O) groups excluding carboxylic acids is 1. The highest BCUT2D eigenvalue weighted by Crippen LogP contribution is 2.42. The van der Waals surface area contributed by atoms with Gasteiger partial charge >= 0.3 is 0 Å². The molecule has 0 atom stereocenters. The topological polar surface area (TPSA) is 48.0 Å². The highest BCUT2D eigenvalue weighted by molar-refractivity contribution is 5.87. The Bertz CT molecular complexity index is 817. The molecule has 0 unspecified atom stereocenters. The Hall–Kier alpha value is -1.59. The van der Waals surface area contributed by atoms with Crippen LogP contribution < -0.4 is 9.47 Å². The molecule has 0 aromatic heterocycles. The predicted molar refractivity (Wildman–Crippen MR) is 133 cm³/mol. The van der Waals surface area contributed by atoms with Crippen molar-refractivity contribution < 1.29 is 19.0 Å². The standard InChI is InChI=1S/C29H43NO4/c1-32-29(15-3-2-4-16-29)27(31)20-23-10-8-22(9-11-23)12-17-30-18-13-24(14-19-30)25-6-5-7-26-28(25)34-21-33-26/h5-7,22-24H,2-4,8-21H2,1H3. The molecular formula is C29H43NO4. The Morgan fingerprint density at radius 2 is 1.74 bits per heavy atom. The third-order valence-corrected chi connectivity index (χ3v) is 9.31. The summed E-state index contributed by atoms with van der Waals surface area (Å²) in [6.07, 6.45) is 14.9. The van der Waals surface area contributed by atoms with Crippen LogP contribution >= 0.6 is 0 Å². The number of methoxy groups -OCH3 is 1. The number of hydrogen-bond donors (Lipinski definition) is 0. The first kappa shape index (κ1) is 24.1. The summed E-state index contributed by atoms with van der Waals surface area (Å²) in [5.41, 5.74) is 0.881. The first-order valence-electron chi connectivity index (χ1n) is 13.9. The third-order valence-electron chi connectivity index (χ3n) is 9.31. The number of piperidine rings is 1. The maximum absolute atomic E-state index is 13.1. The second-order valence-electron chi connectivity index (χ2n) is 11.3. The lowest BCUT2D eigenvalue weighted by atomic mass is 9.74. The SMILES string of the molecule is COC1(C(=O)CC2CCC(CCN3CCC(c4cccc5c4OCO5)CC3)CC2)CCCCC1. The molecule has 0 N–H and O–H groups in total. The number of nitrogens with zero attached hydrogens (tertiary/aromatic N) is 1. The van der Waals surface area contributed by atoms with Gasteiger partial charge in [0.2, 0.25) is 6.79 Å². The van der Waals surface area contributed by atoms with E-state index in [4.69, 9.17) is 14.2 Å². The summed E-state index contributed by atoms with van der Waals surface area (Å²) in [5, 5.41) is 0. The highest BCUT2D eigenvalue weighted by Gasteiger charge is 2.40. The van der Waals surface area contributed by atoms with Gasteiger partial charge in [-0.3, -0.25) is 4.79 Å². The quantitative estimate of drug-likeness (QED) is 0.460. The van der Waals surface area contributed by atoms with E-state index in [9.17, 15) is 4.79 Å². The molecule has 0 spiro atoms. The van der Waals surface area contributed by atoms with E-state index in [1.165, 1.54) is 76.6 Å². The molecule has 1 aromatic carbocycles. The van der Waals surface area contributed by atoms with Crippen LogP contribution in [0, 0.1) is 11.8 Å². The van der Waals surface area contributed by atoms with Crippen molar-refractivity contribution in [1.82, 2.24) is 4.90 Å². The Kier molecular flexibility index (Phi) is 7.80. The van der Waals surface area contributed by atoms with Crippen molar-refractivity contribution in [3.8, 4) is 11.5 Å². The van der Waals surface area contributed by atoms with Gasteiger partial charge in [0.25, 0.3) is 0 Å². The number of hydrogen-bond acceptors (Lipinski definition) is 5. The van der Waals surface area contributed by atoms with Crippen LogP contribution in [0.2, 0.25) is 0 Å². The van der Waals surface area contributed by atoms with Crippen LogP contribution in [0.5, 0.6) is 11.5 Å². The summed E-state index contributed by atoms with van der Waals surface area (Å²) < 4.78 is 17.1. The minimum Gasteiger partial charge on any atom is -0.454 e. The fourth-order valence-electron chi connectivity index (χ4n) is 7.00. The smallest absolute Gasteiger partial charge is 0.231 e. The molecular weight excluding hydrogens is 426 g/mol. The molecule has 3 fully saturated rings. The number of para-hydroxylation sites is 1. The van der Waals surface area contributed by atoms with Gasteiger partial charge in [-0.25, -0.2) is 0 Å². The molecule has 188 valence electrons. The number of carbonyl (C=O) groups is 1. The van der Waals surface area contributed by atoms with Crippen LogP contribution in [0.15, 0.2) is 18.2 Å². The first-order chi connectivity index (χ1) is 16.7. The molecule has 1 saturated heterocycles. The van der Waals surface area contributed by atoms with Crippen LogP contribution in [-0.4, -0.2) is 49.8 Å². The van der Waals surface area contributed by atoms with Crippen LogP contribution in [0.1, 0.15) is 95.0 Å². The molecule has 2 aliphatic carbocycles. The maximum Gasteiger partial charge on any atom is 0.231 e. The molecule has 1 aromatic rings. The monoisotopic (exact) mass is 469 g/mol. The average molecular weight is 470 g/mol. The summed E-state index contributed by atoms with van der Waals surface area (Å²) in [6, 6.07) is 6.33. The highest BCUT2D eigenvalue weighted by atomic mass is 16.7. The zero-order valence-electron chi connectivity index (χ0n) is 21.1. The number of ketones is 1. The summed E-state index contributed by atoms with van der Waals surface area (Å²) in [7, 11) is 1.75. The fraction of sp³-hybridized carbons (Fsp3) is 0.759. The van der Waals surface area contributed by atoms with E-state index in [0.29, 0.717) is 24.4 Å². The zero-order chi connectivity index (χ0) is 23.4. The molecule has 0 bridgehead atoms. The molecule has 5 heteroatoms. The van der Waals surface area contributed by atoms with Gasteiger partial charge in [-0.15, -0.1) is 0 Å². The second-order valence-corrected chi connectivity index (χ2v) is 11.3. The minimum absolute atomic E-state index is 0.356. The van der Waals surface area contributed by atoms with Crippen molar-refractivity contribution in [3.63, 3.8) is 0 Å². The van der Waals surface area contributed by atoms with Crippen molar-refractivity contribution in [3.05, 3.63) is 23.8 Å². The van der Waals surface area contributed by atoms with Gasteiger partial charge in [0.1, 0.15) is 5.60 Å². The van der Waals surface area contributed by atoms with Gasteiger partial charge in [0.05, 0.1) is 0 Å². The molecule has 5 rings (SSSR count). The number of ether oxygens (including phenoxy) is 3. The molecule has 0 amide bonds. The van der Waals surface area contributed by atoms with Gasteiger partial charge in [-0.05, 0) is 88.4 Å².